The second-order valence-corrected chi connectivity index (χ2v) is 3.62. The Morgan fingerprint density at radius 2 is 2.21 bits per heavy atom. The highest BCUT2D eigenvalue weighted by Crippen LogP contribution is 2.33. The summed E-state index contributed by atoms with van der Waals surface area (Å²) in [6, 6.07) is 5.57. The van der Waals surface area contributed by atoms with Crippen molar-refractivity contribution in [3.8, 4) is 0 Å². The van der Waals surface area contributed by atoms with E-state index in [1.165, 1.54) is 5.56 Å². The maximum absolute atomic E-state index is 11.6. The zero-order valence-electron chi connectivity index (χ0n) is 8.45. The molecule has 0 aliphatic carbocycles. The molecule has 0 saturated heterocycles. The number of fused-ring (bicyclic) bond motifs is 1. The number of nitrogens with two attached hydrogens (primary N) is 1. The number of hydrogen-bond donors (Lipinski definition) is 1. The molecule has 3 nitrogen and oxygen atoms in total. The summed E-state index contributed by atoms with van der Waals surface area (Å²) in [4.78, 5) is 13.2. The van der Waals surface area contributed by atoms with E-state index < -0.39 is 6.04 Å². The molecule has 0 spiro atoms. The second kappa shape index (κ2) is 3.10. The third-order valence-electron chi connectivity index (χ3n) is 2.79. The Kier molecular flexibility index (Phi) is 2.04. The minimum absolute atomic E-state index is 0.0201. The molecular weight excluding hydrogens is 176 g/mol. The summed E-state index contributed by atoms with van der Waals surface area (Å²) >= 11 is 0. The molecule has 1 atom stereocenters. The van der Waals surface area contributed by atoms with Gasteiger partial charge in [0, 0.05) is 18.3 Å². The number of aryl methyl sites for hydroxylation is 1. The van der Waals surface area contributed by atoms with Crippen LogP contribution in [0.15, 0.2) is 18.2 Å². The summed E-state index contributed by atoms with van der Waals surface area (Å²) in [5, 5.41) is 0. The molecule has 0 fully saturated rings. The van der Waals surface area contributed by atoms with Gasteiger partial charge in [-0.25, -0.2) is 0 Å². The molecule has 1 amide bonds. The van der Waals surface area contributed by atoms with E-state index in [0.29, 0.717) is 0 Å². The van der Waals surface area contributed by atoms with Gasteiger partial charge in [-0.2, -0.15) is 0 Å². The SMILES string of the molecule is CCc1ccc2c(c1)[C@H](N)C(=O)N2C. The fraction of sp³-hybridized carbons (Fsp3) is 0.364. The van der Waals surface area contributed by atoms with Crippen molar-refractivity contribution in [3.05, 3.63) is 29.3 Å². The van der Waals surface area contributed by atoms with E-state index in [1.807, 2.05) is 18.2 Å². The van der Waals surface area contributed by atoms with Gasteiger partial charge in [-0.1, -0.05) is 19.1 Å². The van der Waals surface area contributed by atoms with Gasteiger partial charge in [-0.15, -0.1) is 0 Å². The van der Waals surface area contributed by atoms with Gasteiger partial charge in [0.25, 0.3) is 0 Å². The lowest BCUT2D eigenvalue weighted by atomic mass is 10.0. The molecule has 1 aromatic carbocycles. The number of nitrogens with zero attached hydrogens (tertiary/aromatic N) is 1. The molecule has 2 N–H and O–H groups in total. The quantitative estimate of drug-likeness (QED) is 0.723. The van der Waals surface area contributed by atoms with Crippen LogP contribution in [-0.4, -0.2) is 13.0 Å². The minimum atomic E-state index is -0.471. The van der Waals surface area contributed by atoms with Crippen LogP contribution in [0.4, 0.5) is 5.69 Å². The molecule has 0 unspecified atom stereocenters. The molecule has 0 radical (unpaired) electrons. The summed E-state index contributed by atoms with van der Waals surface area (Å²) in [5.74, 6) is -0.0201. The average Bonchev–Trinajstić information content (AvgIpc) is 2.44. The molecule has 0 aromatic heterocycles. The first-order valence-corrected chi connectivity index (χ1v) is 4.81. The monoisotopic (exact) mass is 190 g/mol. The maximum Gasteiger partial charge on any atom is 0.248 e. The van der Waals surface area contributed by atoms with Gasteiger partial charge in [-0.3, -0.25) is 4.79 Å². The zero-order valence-corrected chi connectivity index (χ0v) is 8.45. The van der Waals surface area contributed by atoms with Crippen molar-refractivity contribution in [2.45, 2.75) is 19.4 Å². The van der Waals surface area contributed by atoms with E-state index in [4.69, 9.17) is 5.73 Å². The molecular formula is C11H14N2O. The van der Waals surface area contributed by atoms with Crippen molar-refractivity contribution in [3.63, 3.8) is 0 Å². The van der Waals surface area contributed by atoms with Crippen molar-refractivity contribution in [2.75, 3.05) is 11.9 Å². The topological polar surface area (TPSA) is 46.3 Å². The lowest BCUT2D eigenvalue weighted by molar-refractivity contribution is -0.118. The third kappa shape index (κ3) is 1.13. The van der Waals surface area contributed by atoms with Crippen LogP contribution in [0.5, 0.6) is 0 Å². The largest absolute Gasteiger partial charge is 0.316 e. The number of carbonyl (C=O) groups excluding carboxylic acids is 1. The number of likely N-dealkylation sites (N-methyl/N-ethyl adjacent to an activating group) is 1. The number of rotatable bonds is 1. The highest BCUT2D eigenvalue weighted by atomic mass is 16.2. The summed E-state index contributed by atoms with van der Waals surface area (Å²) < 4.78 is 0. The standard InChI is InChI=1S/C11H14N2O/c1-3-7-4-5-9-8(6-7)10(12)11(14)13(9)2/h4-6,10H,3,12H2,1-2H3/t10-/m0/s1. The lowest BCUT2D eigenvalue weighted by Crippen LogP contribution is -2.27. The summed E-state index contributed by atoms with van der Waals surface area (Å²) in [5.41, 5.74) is 8.94. The molecule has 1 aliphatic rings. The van der Waals surface area contributed by atoms with E-state index in [9.17, 15) is 4.79 Å². The highest BCUT2D eigenvalue weighted by Gasteiger charge is 2.31. The lowest BCUT2D eigenvalue weighted by Gasteiger charge is -2.09. The van der Waals surface area contributed by atoms with Gasteiger partial charge >= 0.3 is 0 Å². The summed E-state index contributed by atoms with van der Waals surface area (Å²) in [6.45, 7) is 2.09. The van der Waals surface area contributed by atoms with E-state index in [0.717, 1.165) is 17.7 Å². The van der Waals surface area contributed by atoms with Crippen molar-refractivity contribution in [1.82, 2.24) is 0 Å². The van der Waals surface area contributed by atoms with Crippen molar-refractivity contribution in [1.29, 1.82) is 0 Å². The Morgan fingerprint density at radius 3 is 2.86 bits per heavy atom. The van der Waals surface area contributed by atoms with Gasteiger partial charge in [0.15, 0.2) is 0 Å². The Morgan fingerprint density at radius 1 is 1.50 bits per heavy atom. The molecule has 1 aliphatic heterocycles. The number of amides is 1. The Balaban J connectivity index is 2.53. The number of anilines is 1. The van der Waals surface area contributed by atoms with E-state index >= 15 is 0 Å². The Bertz CT molecular complexity index is 387. The molecule has 0 bridgehead atoms. The fourth-order valence-electron chi connectivity index (χ4n) is 1.84. The average molecular weight is 190 g/mol. The van der Waals surface area contributed by atoms with E-state index in [1.54, 1.807) is 11.9 Å². The summed E-state index contributed by atoms with van der Waals surface area (Å²) in [7, 11) is 1.76. The Hall–Kier alpha value is -1.35. The highest BCUT2D eigenvalue weighted by molar-refractivity contribution is 6.04. The molecule has 2 rings (SSSR count). The zero-order chi connectivity index (χ0) is 10.3. The first-order chi connectivity index (χ1) is 6.65. The number of carbonyl (C=O) groups is 1. The van der Waals surface area contributed by atoms with Crippen LogP contribution in [0.3, 0.4) is 0 Å². The molecule has 74 valence electrons. The predicted molar refractivity (Wildman–Crippen MR) is 56.2 cm³/mol. The maximum atomic E-state index is 11.6. The van der Waals surface area contributed by atoms with Crippen LogP contribution in [0.1, 0.15) is 24.1 Å². The van der Waals surface area contributed by atoms with Gasteiger partial charge in [0.1, 0.15) is 6.04 Å². The summed E-state index contributed by atoms with van der Waals surface area (Å²) in [6.07, 6.45) is 0.970. The van der Waals surface area contributed by atoms with Crippen LogP contribution in [0.25, 0.3) is 0 Å². The number of benzene rings is 1. The van der Waals surface area contributed by atoms with Crippen LogP contribution in [-0.2, 0) is 11.2 Å². The Labute approximate surface area is 83.5 Å². The van der Waals surface area contributed by atoms with Crippen LogP contribution < -0.4 is 10.6 Å². The normalized spacial score (nSPS) is 20.1. The minimum Gasteiger partial charge on any atom is -0.316 e. The van der Waals surface area contributed by atoms with Gasteiger partial charge in [0.05, 0.1) is 0 Å². The van der Waals surface area contributed by atoms with Crippen molar-refractivity contribution < 1.29 is 4.79 Å². The fourth-order valence-corrected chi connectivity index (χ4v) is 1.84. The molecule has 0 saturated carbocycles. The number of hydrogen-bond acceptors (Lipinski definition) is 2. The van der Waals surface area contributed by atoms with Crippen LogP contribution >= 0.6 is 0 Å². The van der Waals surface area contributed by atoms with Gasteiger partial charge < -0.3 is 10.6 Å². The van der Waals surface area contributed by atoms with Crippen molar-refractivity contribution in [2.24, 2.45) is 5.73 Å². The first kappa shape index (κ1) is 9.21. The second-order valence-electron chi connectivity index (χ2n) is 3.62. The molecule has 1 aromatic rings. The van der Waals surface area contributed by atoms with Gasteiger partial charge in [0.2, 0.25) is 5.91 Å². The molecule has 1 heterocycles. The first-order valence-electron chi connectivity index (χ1n) is 4.81. The smallest absolute Gasteiger partial charge is 0.248 e. The van der Waals surface area contributed by atoms with Crippen LogP contribution in [0.2, 0.25) is 0 Å². The predicted octanol–water partition coefficient (Wildman–Crippen LogP) is 1.23. The van der Waals surface area contributed by atoms with Crippen molar-refractivity contribution >= 4 is 11.6 Å². The van der Waals surface area contributed by atoms with Gasteiger partial charge in [-0.05, 0) is 18.1 Å². The van der Waals surface area contributed by atoms with E-state index in [2.05, 4.69) is 6.92 Å². The molecule has 14 heavy (non-hydrogen) atoms. The van der Waals surface area contributed by atoms with Crippen LogP contribution in [0, 0.1) is 0 Å². The third-order valence-corrected chi connectivity index (χ3v) is 2.79. The van der Waals surface area contributed by atoms with E-state index in [-0.39, 0.29) is 5.91 Å². The molecule has 3 heteroatoms.